The zero-order chi connectivity index (χ0) is 17.0. The second-order valence-corrected chi connectivity index (χ2v) is 8.11. The molecular formula is C17H21N3O3S. The largest absolute Gasteiger partial charge is 0.341 e. The van der Waals surface area contributed by atoms with Gasteiger partial charge in [-0.05, 0) is 31.0 Å². The lowest BCUT2D eigenvalue weighted by atomic mass is 10.1. The molecule has 0 aliphatic carbocycles. The molecule has 128 valence electrons. The average Bonchev–Trinajstić information content (AvgIpc) is 3.15. The van der Waals surface area contributed by atoms with Gasteiger partial charge in [-0.1, -0.05) is 18.2 Å². The van der Waals surface area contributed by atoms with Crippen molar-refractivity contribution < 1.29 is 13.2 Å². The van der Waals surface area contributed by atoms with Gasteiger partial charge in [0.05, 0.1) is 16.7 Å². The number of nitrogens with zero attached hydrogens (tertiary/aromatic N) is 3. The van der Waals surface area contributed by atoms with Crippen LogP contribution in [0.15, 0.2) is 53.7 Å². The third-order valence-corrected chi connectivity index (χ3v) is 6.07. The molecule has 0 bridgehead atoms. The first-order valence-electron chi connectivity index (χ1n) is 8.11. The van der Waals surface area contributed by atoms with Crippen molar-refractivity contribution in [3.63, 3.8) is 0 Å². The molecular weight excluding hydrogens is 326 g/mol. The number of amides is 1. The maximum Gasteiger partial charge on any atom is 0.223 e. The molecule has 1 saturated heterocycles. The van der Waals surface area contributed by atoms with Gasteiger partial charge in [-0.3, -0.25) is 9.48 Å². The van der Waals surface area contributed by atoms with Crippen molar-refractivity contribution in [3.05, 3.63) is 48.8 Å². The molecule has 1 aliphatic heterocycles. The second-order valence-electron chi connectivity index (χ2n) is 6.00. The van der Waals surface area contributed by atoms with E-state index in [1.807, 2.05) is 16.9 Å². The molecule has 1 fully saturated rings. The summed E-state index contributed by atoms with van der Waals surface area (Å²) in [5, 5.41) is 4.24. The minimum absolute atomic E-state index is 0.0169. The lowest BCUT2D eigenvalue weighted by Crippen LogP contribution is -2.41. The lowest BCUT2D eigenvalue weighted by molar-refractivity contribution is -0.132. The molecule has 1 aromatic carbocycles. The Kier molecular flexibility index (Phi) is 4.99. The van der Waals surface area contributed by atoms with Crippen LogP contribution in [0.1, 0.15) is 25.3 Å². The highest BCUT2D eigenvalue weighted by atomic mass is 32.2. The van der Waals surface area contributed by atoms with Crippen molar-refractivity contribution in [1.29, 1.82) is 0 Å². The van der Waals surface area contributed by atoms with Crippen molar-refractivity contribution in [2.75, 3.05) is 18.8 Å². The Morgan fingerprint density at radius 3 is 2.71 bits per heavy atom. The highest BCUT2D eigenvalue weighted by molar-refractivity contribution is 7.91. The number of sulfone groups is 1. The van der Waals surface area contributed by atoms with Gasteiger partial charge in [0.25, 0.3) is 0 Å². The minimum Gasteiger partial charge on any atom is -0.341 e. The highest BCUT2D eigenvalue weighted by Gasteiger charge is 2.26. The van der Waals surface area contributed by atoms with Gasteiger partial charge in [0, 0.05) is 31.9 Å². The van der Waals surface area contributed by atoms with Crippen molar-refractivity contribution in [2.45, 2.75) is 30.2 Å². The van der Waals surface area contributed by atoms with Gasteiger partial charge in [0.2, 0.25) is 5.91 Å². The van der Waals surface area contributed by atoms with Gasteiger partial charge < -0.3 is 4.90 Å². The first kappa shape index (κ1) is 16.7. The van der Waals surface area contributed by atoms with E-state index in [4.69, 9.17) is 0 Å². The van der Waals surface area contributed by atoms with Gasteiger partial charge >= 0.3 is 0 Å². The van der Waals surface area contributed by atoms with Crippen molar-refractivity contribution in [1.82, 2.24) is 14.7 Å². The predicted octanol–water partition coefficient (Wildman–Crippen LogP) is 1.91. The summed E-state index contributed by atoms with van der Waals surface area (Å²) in [4.78, 5) is 14.5. The summed E-state index contributed by atoms with van der Waals surface area (Å²) in [7, 11) is -3.42. The molecule has 1 atom stereocenters. The Hall–Kier alpha value is -2.15. The summed E-state index contributed by atoms with van der Waals surface area (Å²) in [6.07, 6.45) is 5.53. The molecule has 2 heterocycles. The lowest BCUT2D eigenvalue weighted by Gasteiger charge is -2.33. The highest BCUT2D eigenvalue weighted by Crippen LogP contribution is 2.21. The summed E-state index contributed by atoms with van der Waals surface area (Å²) in [5.74, 6) is -0.259. The van der Waals surface area contributed by atoms with E-state index in [1.54, 1.807) is 41.4 Å². The Morgan fingerprint density at radius 1 is 1.21 bits per heavy atom. The summed E-state index contributed by atoms with van der Waals surface area (Å²) < 4.78 is 26.4. The van der Waals surface area contributed by atoms with Gasteiger partial charge in [-0.2, -0.15) is 5.10 Å². The first-order chi connectivity index (χ1) is 11.6. The van der Waals surface area contributed by atoms with E-state index in [9.17, 15) is 13.2 Å². The van der Waals surface area contributed by atoms with Crippen LogP contribution >= 0.6 is 0 Å². The maximum absolute atomic E-state index is 12.4. The van der Waals surface area contributed by atoms with E-state index in [1.165, 1.54) is 0 Å². The minimum atomic E-state index is -3.42. The van der Waals surface area contributed by atoms with Gasteiger partial charge in [-0.15, -0.1) is 0 Å². The van der Waals surface area contributed by atoms with Crippen LogP contribution in [-0.2, 0) is 14.6 Å². The van der Waals surface area contributed by atoms with E-state index in [-0.39, 0.29) is 29.0 Å². The van der Waals surface area contributed by atoms with E-state index in [0.29, 0.717) is 13.1 Å². The van der Waals surface area contributed by atoms with Crippen LogP contribution in [0.5, 0.6) is 0 Å². The molecule has 0 unspecified atom stereocenters. The number of hydrogen-bond donors (Lipinski definition) is 0. The Labute approximate surface area is 142 Å². The normalized spacial score (nSPS) is 18.5. The van der Waals surface area contributed by atoms with E-state index >= 15 is 0 Å². The summed E-state index contributed by atoms with van der Waals surface area (Å²) >= 11 is 0. The smallest absolute Gasteiger partial charge is 0.223 e. The molecule has 2 aromatic rings. The molecule has 6 nitrogen and oxygen atoms in total. The fourth-order valence-electron chi connectivity index (χ4n) is 3.02. The Balaban J connectivity index is 1.59. The van der Waals surface area contributed by atoms with Crippen LogP contribution in [0.4, 0.5) is 0 Å². The molecule has 3 rings (SSSR count). The van der Waals surface area contributed by atoms with Crippen LogP contribution in [-0.4, -0.2) is 47.8 Å². The number of benzene rings is 1. The quantitative estimate of drug-likeness (QED) is 0.828. The van der Waals surface area contributed by atoms with Crippen molar-refractivity contribution in [3.8, 4) is 0 Å². The molecule has 0 radical (unpaired) electrons. The summed E-state index contributed by atoms with van der Waals surface area (Å²) in [6, 6.07) is 10.3. The van der Waals surface area contributed by atoms with Gasteiger partial charge in [-0.25, -0.2) is 8.42 Å². The van der Waals surface area contributed by atoms with Crippen molar-refractivity contribution in [2.24, 2.45) is 0 Å². The predicted molar refractivity (Wildman–Crippen MR) is 90.2 cm³/mol. The zero-order valence-electron chi connectivity index (χ0n) is 13.4. The third-order valence-electron chi connectivity index (χ3n) is 4.34. The number of piperidine rings is 1. The van der Waals surface area contributed by atoms with E-state index < -0.39 is 9.84 Å². The summed E-state index contributed by atoms with van der Waals surface area (Å²) in [6.45, 7) is 1.27. The Bertz CT molecular complexity index is 773. The number of aromatic nitrogens is 2. The fraction of sp³-hybridized carbons (Fsp3) is 0.412. The van der Waals surface area contributed by atoms with Crippen LogP contribution in [0.25, 0.3) is 0 Å². The topological polar surface area (TPSA) is 72.3 Å². The number of hydrogen-bond acceptors (Lipinski definition) is 4. The van der Waals surface area contributed by atoms with Gasteiger partial charge in [0.15, 0.2) is 9.84 Å². The molecule has 1 aliphatic rings. The zero-order valence-corrected chi connectivity index (χ0v) is 14.2. The van der Waals surface area contributed by atoms with Crippen LogP contribution < -0.4 is 0 Å². The standard InChI is InChI=1S/C17H21N3O3S/c21-17(9-13-24(22,23)16-7-2-1-3-8-16)19-11-4-6-15(14-19)20-12-5-10-18-20/h1-3,5,7-8,10,12,15H,4,6,9,11,13-14H2/t15-/m0/s1. The molecule has 1 aromatic heterocycles. The average molecular weight is 347 g/mol. The number of carbonyl (C=O) groups excluding carboxylic acids is 1. The summed E-state index contributed by atoms with van der Waals surface area (Å²) in [5.41, 5.74) is 0. The van der Waals surface area contributed by atoms with E-state index in [2.05, 4.69) is 5.10 Å². The van der Waals surface area contributed by atoms with Crippen molar-refractivity contribution >= 4 is 15.7 Å². The van der Waals surface area contributed by atoms with Gasteiger partial charge in [0.1, 0.15) is 0 Å². The molecule has 24 heavy (non-hydrogen) atoms. The maximum atomic E-state index is 12.4. The molecule has 0 spiro atoms. The molecule has 1 amide bonds. The molecule has 0 N–H and O–H groups in total. The fourth-order valence-corrected chi connectivity index (χ4v) is 4.27. The van der Waals surface area contributed by atoms with Crippen LogP contribution in [0.2, 0.25) is 0 Å². The molecule has 7 heteroatoms. The second kappa shape index (κ2) is 7.17. The SMILES string of the molecule is O=C(CCS(=O)(=O)c1ccccc1)N1CCC[C@H](n2cccn2)C1. The number of likely N-dealkylation sites (tertiary alicyclic amines) is 1. The van der Waals surface area contributed by atoms with E-state index in [0.717, 1.165) is 12.8 Å². The third kappa shape index (κ3) is 3.84. The Morgan fingerprint density at radius 2 is 2.00 bits per heavy atom. The van der Waals surface area contributed by atoms with Crippen LogP contribution in [0, 0.1) is 0 Å². The number of rotatable bonds is 5. The monoisotopic (exact) mass is 347 g/mol. The first-order valence-corrected chi connectivity index (χ1v) is 9.76. The number of carbonyl (C=O) groups is 1. The molecule has 0 saturated carbocycles. The van der Waals surface area contributed by atoms with Crippen LogP contribution in [0.3, 0.4) is 0 Å².